The number of nitrogens with one attached hydrogen (secondary N) is 1. The lowest BCUT2D eigenvalue weighted by molar-refractivity contribution is -0.126. The van der Waals surface area contributed by atoms with E-state index in [0.29, 0.717) is 49.6 Å². The minimum Gasteiger partial charge on any atom is -0.469 e. The number of carbonyl (C=O) groups excluding carboxylic acids is 1. The van der Waals surface area contributed by atoms with Crippen molar-refractivity contribution in [2.45, 2.75) is 43.4 Å². The van der Waals surface area contributed by atoms with Crippen molar-refractivity contribution in [1.29, 1.82) is 0 Å². The highest BCUT2D eigenvalue weighted by Crippen LogP contribution is 2.31. The molecule has 166 valence electrons. The van der Waals surface area contributed by atoms with E-state index in [2.05, 4.69) is 15.5 Å². The minimum atomic E-state index is -3.63. The number of rotatable bonds is 7. The number of hydrogen-bond acceptors (Lipinski definition) is 8. The van der Waals surface area contributed by atoms with Crippen LogP contribution in [0.1, 0.15) is 31.4 Å². The zero-order valence-corrected chi connectivity index (χ0v) is 18.9. The Hall–Kier alpha value is -2.50. The maximum atomic E-state index is 13.0. The Labute approximate surface area is 184 Å². The van der Waals surface area contributed by atoms with Gasteiger partial charge in [0.1, 0.15) is 9.97 Å². The fourth-order valence-corrected chi connectivity index (χ4v) is 6.39. The van der Waals surface area contributed by atoms with Crippen LogP contribution in [0.2, 0.25) is 0 Å². The van der Waals surface area contributed by atoms with Crippen LogP contribution in [-0.4, -0.2) is 47.9 Å². The molecule has 3 aromatic rings. The van der Waals surface area contributed by atoms with Gasteiger partial charge < -0.3 is 14.3 Å². The van der Waals surface area contributed by atoms with Crippen LogP contribution < -0.4 is 5.32 Å². The number of aromatic nitrogens is 2. The molecule has 9 nitrogen and oxygen atoms in total. The van der Waals surface area contributed by atoms with E-state index < -0.39 is 10.0 Å². The van der Waals surface area contributed by atoms with Gasteiger partial charge in [-0.25, -0.2) is 8.42 Å². The number of piperidine rings is 1. The summed E-state index contributed by atoms with van der Waals surface area (Å²) in [7, 11) is -3.63. The van der Waals surface area contributed by atoms with Crippen molar-refractivity contribution < 1.29 is 22.2 Å². The summed E-state index contributed by atoms with van der Waals surface area (Å²) >= 11 is 1.13. The van der Waals surface area contributed by atoms with Gasteiger partial charge in [0.05, 0.1) is 6.26 Å². The topological polar surface area (TPSA) is 119 Å². The Morgan fingerprint density at radius 2 is 2.16 bits per heavy atom. The third-order valence-corrected chi connectivity index (χ3v) is 8.57. The highest BCUT2D eigenvalue weighted by Gasteiger charge is 2.33. The quantitative estimate of drug-likeness (QED) is 0.571. The molecule has 0 bridgehead atoms. The predicted molar refractivity (Wildman–Crippen MR) is 114 cm³/mol. The maximum absolute atomic E-state index is 13.0. The molecule has 3 aromatic heterocycles. The number of furan rings is 1. The third-order valence-electron chi connectivity index (χ3n) is 5.26. The molecule has 4 rings (SSSR count). The fourth-order valence-electron chi connectivity index (χ4n) is 3.61. The summed E-state index contributed by atoms with van der Waals surface area (Å²) in [5.74, 6) is 1.37. The lowest BCUT2D eigenvalue weighted by Crippen LogP contribution is -2.45. The number of nitrogens with zero attached hydrogens (tertiary/aromatic N) is 3. The summed E-state index contributed by atoms with van der Waals surface area (Å²) in [5.41, 5.74) is 0.611. The van der Waals surface area contributed by atoms with Gasteiger partial charge in [0, 0.05) is 49.3 Å². The molecule has 0 spiro atoms. The van der Waals surface area contributed by atoms with Crippen molar-refractivity contribution in [3.8, 4) is 11.4 Å². The zero-order chi connectivity index (χ0) is 22.0. The number of aryl methyl sites for hydroxylation is 1. The SMILES string of the molecule is Cc1nc(-c2csc(S(=O)(=O)N3CCC(C(=O)N[C@H](C)Cc4ccco4)CC3)c2)no1. The van der Waals surface area contributed by atoms with Gasteiger partial charge in [-0.05, 0) is 38.0 Å². The monoisotopic (exact) mass is 464 g/mol. The molecule has 1 aliphatic heterocycles. The predicted octanol–water partition coefficient (Wildman–Crippen LogP) is 2.85. The van der Waals surface area contributed by atoms with Gasteiger partial charge in [0.25, 0.3) is 10.0 Å². The van der Waals surface area contributed by atoms with Gasteiger partial charge in [0.15, 0.2) is 0 Å². The number of hydrogen-bond donors (Lipinski definition) is 1. The normalized spacial score (nSPS) is 17.0. The van der Waals surface area contributed by atoms with Crippen LogP contribution in [0.15, 0.2) is 43.0 Å². The number of amides is 1. The largest absolute Gasteiger partial charge is 0.469 e. The highest BCUT2D eigenvalue weighted by atomic mass is 32.2. The smallest absolute Gasteiger partial charge is 0.252 e. The van der Waals surface area contributed by atoms with Crippen molar-refractivity contribution >= 4 is 27.3 Å². The van der Waals surface area contributed by atoms with Gasteiger partial charge in [-0.3, -0.25) is 4.79 Å². The Morgan fingerprint density at radius 1 is 1.39 bits per heavy atom. The van der Waals surface area contributed by atoms with Crippen LogP contribution >= 0.6 is 11.3 Å². The molecule has 1 aliphatic rings. The van der Waals surface area contributed by atoms with E-state index in [1.165, 1.54) is 4.31 Å². The van der Waals surface area contributed by atoms with Crippen LogP contribution in [-0.2, 0) is 21.2 Å². The first-order chi connectivity index (χ1) is 14.8. The molecule has 0 saturated carbocycles. The Balaban J connectivity index is 1.33. The van der Waals surface area contributed by atoms with Gasteiger partial charge in [0.2, 0.25) is 17.6 Å². The summed E-state index contributed by atoms with van der Waals surface area (Å²) < 4.78 is 38.0. The van der Waals surface area contributed by atoms with E-state index in [1.807, 2.05) is 19.1 Å². The van der Waals surface area contributed by atoms with Crippen molar-refractivity contribution in [3.63, 3.8) is 0 Å². The first-order valence-corrected chi connectivity index (χ1v) is 12.4. The lowest BCUT2D eigenvalue weighted by Gasteiger charge is -2.30. The Bertz CT molecular complexity index is 1130. The molecule has 4 heterocycles. The number of sulfonamides is 1. The standard InChI is InChI=1S/C20H24N4O5S2/c1-13(10-17-4-3-9-28-17)21-20(25)15-5-7-24(8-6-15)31(26,27)18-11-16(12-30-18)19-22-14(2)29-23-19/h3-4,9,11-13,15H,5-8,10H2,1-2H3,(H,21,25)/t13-/m1/s1. The first-order valence-electron chi connectivity index (χ1n) is 10.0. The van der Waals surface area contributed by atoms with Crippen LogP contribution in [0.5, 0.6) is 0 Å². The van der Waals surface area contributed by atoms with E-state index >= 15 is 0 Å². The van der Waals surface area contributed by atoms with Crippen LogP contribution in [0, 0.1) is 12.8 Å². The van der Waals surface area contributed by atoms with Crippen molar-refractivity contribution in [2.75, 3.05) is 13.1 Å². The second kappa shape index (κ2) is 8.93. The molecule has 1 N–H and O–H groups in total. The number of thiophene rings is 1. The van der Waals surface area contributed by atoms with E-state index in [0.717, 1.165) is 17.1 Å². The molecule has 11 heteroatoms. The first kappa shape index (κ1) is 21.7. The van der Waals surface area contributed by atoms with Crippen LogP contribution in [0.4, 0.5) is 0 Å². The molecular formula is C20H24N4O5S2. The highest BCUT2D eigenvalue weighted by molar-refractivity contribution is 7.91. The number of carbonyl (C=O) groups is 1. The second-order valence-corrected chi connectivity index (χ2v) is 10.7. The van der Waals surface area contributed by atoms with Gasteiger partial charge in [-0.1, -0.05) is 5.16 Å². The Kier molecular flexibility index (Phi) is 6.26. The van der Waals surface area contributed by atoms with Gasteiger partial charge in [-0.15, -0.1) is 11.3 Å². The Morgan fingerprint density at radius 3 is 2.81 bits per heavy atom. The summed E-state index contributed by atoms with van der Waals surface area (Å²) in [6.07, 6.45) is 3.20. The maximum Gasteiger partial charge on any atom is 0.252 e. The molecule has 0 unspecified atom stereocenters. The van der Waals surface area contributed by atoms with Gasteiger partial charge in [-0.2, -0.15) is 9.29 Å². The summed E-state index contributed by atoms with van der Waals surface area (Å²) in [4.78, 5) is 16.7. The van der Waals surface area contributed by atoms with Crippen LogP contribution in [0.3, 0.4) is 0 Å². The molecular weight excluding hydrogens is 440 g/mol. The fraction of sp³-hybridized carbons (Fsp3) is 0.450. The molecule has 1 atom stereocenters. The van der Waals surface area contributed by atoms with Crippen molar-refractivity contribution in [1.82, 2.24) is 19.8 Å². The zero-order valence-electron chi connectivity index (χ0n) is 17.3. The lowest BCUT2D eigenvalue weighted by atomic mass is 9.96. The summed E-state index contributed by atoms with van der Waals surface area (Å²) in [6.45, 7) is 4.22. The summed E-state index contributed by atoms with van der Waals surface area (Å²) in [5, 5.41) is 8.55. The molecule has 1 saturated heterocycles. The molecule has 0 radical (unpaired) electrons. The summed E-state index contributed by atoms with van der Waals surface area (Å²) in [6, 6.07) is 5.21. The van der Waals surface area contributed by atoms with E-state index in [4.69, 9.17) is 8.94 Å². The van der Waals surface area contributed by atoms with Crippen LogP contribution in [0.25, 0.3) is 11.4 Å². The average molecular weight is 465 g/mol. The van der Waals surface area contributed by atoms with E-state index in [9.17, 15) is 13.2 Å². The van der Waals surface area contributed by atoms with E-state index in [1.54, 1.807) is 24.6 Å². The minimum absolute atomic E-state index is 0.0398. The van der Waals surface area contributed by atoms with E-state index in [-0.39, 0.29) is 22.1 Å². The molecule has 0 aromatic carbocycles. The molecule has 0 aliphatic carbocycles. The third kappa shape index (κ3) is 4.89. The molecule has 1 amide bonds. The van der Waals surface area contributed by atoms with Crippen molar-refractivity contribution in [2.24, 2.45) is 5.92 Å². The average Bonchev–Trinajstić information content (AvgIpc) is 3.49. The second-order valence-electron chi connectivity index (χ2n) is 7.66. The molecule has 1 fully saturated rings. The van der Waals surface area contributed by atoms with Gasteiger partial charge >= 0.3 is 0 Å². The molecule has 31 heavy (non-hydrogen) atoms. The van der Waals surface area contributed by atoms with Crippen molar-refractivity contribution in [3.05, 3.63) is 41.5 Å².